The summed E-state index contributed by atoms with van der Waals surface area (Å²) in [4.78, 5) is 14.6. The zero-order valence-electron chi connectivity index (χ0n) is 17.7. The van der Waals surface area contributed by atoms with Gasteiger partial charge in [-0.3, -0.25) is 9.20 Å². The van der Waals surface area contributed by atoms with Crippen molar-refractivity contribution in [2.75, 3.05) is 11.4 Å². The van der Waals surface area contributed by atoms with Crippen LogP contribution in [0.4, 0.5) is 18.9 Å². The number of sulfonamides is 1. The normalized spacial score (nSPS) is 17.5. The summed E-state index contributed by atoms with van der Waals surface area (Å²) in [5, 5.41) is 10.2. The highest BCUT2D eigenvalue weighted by Crippen LogP contribution is 2.35. The molecule has 2 aliphatic heterocycles. The summed E-state index contributed by atoms with van der Waals surface area (Å²) in [5.74, 6) is 0.00493. The first-order chi connectivity index (χ1) is 16.1. The molecule has 1 fully saturated rings. The van der Waals surface area contributed by atoms with E-state index in [1.165, 1.54) is 18.2 Å². The fraction of sp³-hybridized carbons (Fsp3) is 0.333. The van der Waals surface area contributed by atoms with Crippen molar-refractivity contribution in [1.29, 1.82) is 0 Å². The van der Waals surface area contributed by atoms with Gasteiger partial charge in [0.1, 0.15) is 10.7 Å². The quantitative estimate of drug-likeness (QED) is 0.602. The van der Waals surface area contributed by atoms with Crippen molar-refractivity contribution < 1.29 is 26.4 Å². The number of hydrogen-bond donors (Lipinski definition) is 1. The highest BCUT2D eigenvalue weighted by molar-refractivity contribution is 7.90. The highest BCUT2D eigenvalue weighted by atomic mass is 32.2. The Morgan fingerprint density at radius 3 is 2.71 bits per heavy atom. The number of carbonyl (C=O) groups excluding carboxylic acids is 1. The lowest BCUT2D eigenvalue weighted by atomic mass is 10.1. The van der Waals surface area contributed by atoms with Crippen LogP contribution < -0.4 is 10.2 Å². The summed E-state index contributed by atoms with van der Waals surface area (Å²) in [6.07, 6.45) is -0.357. The Bertz CT molecular complexity index is 1430. The maximum Gasteiger partial charge on any atom is 0.417 e. The van der Waals surface area contributed by atoms with Crippen LogP contribution in [0.1, 0.15) is 47.4 Å². The lowest BCUT2D eigenvalue weighted by Crippen LogP contribution is -2.35. The van der Waals surface area contributed by atoms with Crippen LogP contribution in [-0.4, -0.2) is 41.3 Å². The second-order valence-electron chi connectivity index (χ2n) is 8.07. The second kappa shape index (κ2) is 8.08. The molecule has 1 amide bonds. The number of nitrogens with zero attached hydrogens (tertiary/aromatic N) is 5. The number of amides is 1. The Kier molecular flexibility index (Phi) is 5.30. The number of halogens is 3. The van der Waals surface area contributed by atoms with Crippen LogP contribution in [0.15, 0.2) is 45.8 Å². The zero-order chi connectivity index (χ0) is 24.1. The molecular weight excluding hydrogens is 473 g/mol. The van der Waals surface area contributed by atoms with Crippen molar-refractivity contribution >= 4 is 33.1 Å². The smallest absolute Gasteiger partial charge is 0.345 e. The van der Waals surface area contributed by atoms with Gasteiger partial charge in [0.15, 0.2) is 11.5 Å². The molecule has 0 radical (unpaired) electrons. The number of rotatable bonds is 3. The van der Waals surface area contributed by atoms with E-state index in [-0.39, 0.29) is 28.5 Å². The monoisotopic (exact) mass is 492 g/mol. The van der Waals surface area contributed by atoms with Gasteiger partial charge in [-0.2, -0.15) is 21.6 Å². The molecule has 0 spiro atoms. The van der Waals surface area contributed by atoms with Crippen LogP contribution in [0.25, 0.3) is 5.65 Å². The zero-order valence-corrected chi connectivity index (χ0v) is 18.5. The molecule has 1 aromatic carbocycles. The first-order valence-corrected chi connectivity index (χ1v) is 12.0. The molecule has 0 saturated carbocycles. The third-order valence-corrected chi connectivity index (χ3v) is 7.15. The third-order valence-electron chi connectivity index (χ3n) is 5.82. The molecule has 0 atom stereocenters. The van der Waals surface area contributed by atoms with E-state index in [2.05, 4.69) is 19.9 Å². The maximum atomic E-state index is 13.0. The van der Waals surface area contributed by atoms with Crippen LogP contribution >= 0.6 is 0 Å². The lowest BCUT2D eigenvalue weighted by molar-refractivity contribution is -0.137. The topological polar surface area (TPSA) is 109 Å². The molecule has 0 unspecified atom stereocenters. The van der Waals surface area contributed by atoms with Crippen LogP contribution in [0, 0.1) is 0 Å². The van der Waals surface area contributed by atoms with E-state index in [0.29, 0.717) is 24.5 Å². The van der Waals surface area contributed by atoms with Gasteiger partial charge in [-0.1, -0.05) is 6.42 Å². The lowest BCUT2D eigenvalue weighted by Gasteiger charge is -2.29. The van der Waals surface area contributed by atoms with E-state index in [1.54, 1.807) is 6.07 Å². The second-order valence-corrected chi connectivity index (χ2v) is 9.64. The summed E-state index contributed by atoms with van der Waals surface area (Å²) < 4.78 is 69.7. The summed E-state index contributed by atoms with van der Waals surface area (Å²) >= 11 is 0. The number of fused-ring (bicyclic) bond motifs is 4. The number of nitrogens with one attached hydrogen (secondary N) is 1. The Morgan fingerprint density at radius 2 is 1.91 bits per heavy atom. The number of alkyl halides is 3. The maximum absolute atomic E-state index is 13.0. The number of hydrogen-bond acceptors (Lipinski definition) is 6. The summed E-state index contributed by atoms with van der Waals surface area (Å²) in [7, 11) is -3.96. The predicted molar refractivity (Wildman–Crippen MR) is 116 cm³/mol. The standard InChI is InChI=1S/C21H19F3N6O3S/c22-21(23,24)14-6-8-17-26-27-19(30(17)12-14)11-25-20(31)13-5-7-15-16(10-13)34(32,33)28-18-4-2-1-3-9-29(15)18/h5-8,10,12H,1-4,9,11H2,(H,25,31). The van der Waals surface area contributed by atoms with Gasteiger partial charge in [-0.25, -0.2) is 0 Å². The van der Waals surface area contributed by atoms with Gasteiger partial charge in [0, 0.05) is 24.7 Å². The molecule has 2 aromatic heterocycles. The van der Waals surface area contributed by atoms with E-state index in [1.807, 2.05) is 4.90 Å². The molecule has 3 aromatic rings. The number of aromatic nitrogens is 3. The van der Waals surface area contributed by atoms with Crippen molar-refractivity contribution in [2.24, 2.45) is 4.40 Å². The van der Waals surface area contributed by atoms with Gasteiger partial charge in [0.05, 0.1) is 17.8 Å². The van der Waals surface area contributed by atoms with Gasteiger partial charge < -0.3 is 10.2 Å². The number of pyridine rings is 1. The van der Waals surface area contributed by atoms with Crippen molar-refractivity contribution in [1.82, 2.24) is 19.9 Å². The molecule has 2 aliphatic rings. The Morgan fingerprint density at radius 1 is 1.09 bits per heavy atom. The summed E-state index contributed by atoms with van der Waals surface area (Å²) in [5.41, 5.74) is -0.101. The largest absolute Gasteiger partial charge is 0.417 e. The molecule has 5 rings (SSSR count). The minimum Gasteiger partial charge on any atom is -0.345 e. The number of carbonyl (C=O) groups is 1. The van der Waals surface area contributed by atoms with E-state index in [0.717, 1.165) is 35.9 Å². The van der Waals surface area contributed by atoms with Gasteiger partial charge in [0.2, 0.25) is 0 Å². The van der Waals surface area contributed by atoms with Crippen LogP contribution in [0.2, 0.25) is 0 Å². The number of anilines is 1. The van der Waals surface area contributed by atoms with Crippen LogP contribution in [0.3, 0.4) is 0 Å². The van der Waals surface area contributed by atoms with Crippen LogP contribution in [-0.2, 0) is 22.7 Å². The van der Waals surface area contributed by atoms with Gasteiger partial charge >= 0.3 is 6.18 Å². The summed E-state index contributed by atoms with van der Waals surface area (Å²) in [6.45, 7) is 0.437. The fourth-order valence-corrected chi connectivity index (χ4v) is 5.39. The van der Waals surface area contributed by atoms with Crippen LogP contribution in [0.5, 0.6) is 0 Å². The van der Waals surface area contributed by atoms with Crippen molar-refractivity contribution in [3.05, 3.63) is 53.5 Å². The Labute approximate surface area is 192 Å². The molecule has 1 N–H and O–H groups in total. The average Bonchev–Trinajstić information content (AvgIpc) is 3.05. The molecular formula is C21H19F3N6O3S. The van der Waals surface area contributed by atoms with E-state index in [4.69, 9.17) is 0 Å². The molecule has 34 heavy (non-hydrogen) atoms. The van der Waals surface area contributed by atoms with Gasteiger partial charge in [-0.15, -0.1) is 14.6 Å². The molecule has 178 valence electrons. The number of amidine groups is 1. The highest BCUT2D eigenvalue weighted by Gasteiger charge is 2.33. The molecule has 4 heterocycles. The third kappa shape index (κ3) is 4.00. The first kappa shape index (κ1) is 22.3. The van der Waals surface area contributed by atoms with Crippen molar-refractivity contribution in [3.8, 4) is 0 Å². The molecule has 9 nitrogen and oxygen atoms in total. The Balaban J connectivity index is 1.39. The minimum absolute atomic E-state index is 0.0476. The number of benzene rings is 1. The average molecular weight is 492 g/mol. The molecule has 1 saturated heterocycles. The minimum atomic E-state index is -4.54. The van der Waals surface area contributed by atoms with E-state index < -0.39 is 27.7 Å². The fourth-order valence-electron chi connectivity index (χ4n) is 4.11. The van der Waals surface area contributed by atoms with Gasteiger partial charge in [-0.05, 0) is 43.2 Å². The van der Waals surface area contributed by atoms with Gasteiger partial charge in [0.25, 0.3) is 15.9 Å². The Hall–Kier alpha value is -3.48. The van der Waals surface area contributed by atoms with E-state index >= 15 is 0 Å². The molecule has 0 aliphatic carbocycles. The summed E-state index contributed by atoms with van der Waals surface area (Å²) in [6, 6.07) is 6.46. The first-order valence-electron chi connectivity index (χ1n) is 10.6. The predicted octanol–water partition coefficient (Wildman–Crippen LogP) is 3.16. The van der Waals surface area contributed by atoms with E-state index in [9.17, 15) is 26.4 Å². The molecule has 0 bridgehead atoms. The van der Waals surface area contributed by atoms with Crippen molar-refractivity contribution in [3.63, 3.8) is 0 Å². The SMILES string of the molecule is O=C(NCc1nnc2ccc(C(F)(F)F)cn12)c1ccc2c(c1)S(=O)(=O)N=C1CCCCCN12. The molecule has 13 heteroatoms. The van der Waals surface area contributed by atoms with Crippen molar-refractivity contribution in [2.45, 2.75) is 43.3 Å².